The lowest BCUT2D eigenvalue weighted by atomic mass is 10.1. The lowest BCUT2D eigenvalue weighted by Crippen LogP contribution is -2.46. The zero-order chi connectivity index (χ0) is 16.1. The fourth-order valence-corrected chi connectivity index (χ4v) is 4.81. The van der Waals surface area contributed by atoms with Crippen molar-refractivity contribution in [3.63, 3.8) is 0 Å². The van der Waals surface area contributed by atoms with Crippen molar-refractivity contribution in [3.05, 3.63) is 12.7 Å². The molecule has 0 saturated carbocycles. The second kappa shape index (κ2) is 11.9. The normalized spacial score (nSPS) is 13.0. The highest BCUT2D eigenvalue weighted by atomic mass is 28.4. The molecule has 0 rings (SSSR count). The van der Waals surface area contributed by atoms with Gasteiger partial charge in [-0.2, -0.15) is 0 Å². The Morgan fingerprint density at radius 3 is 1.95 bits per heavy atom. The molecule has 0 aliphatic rings. The molecule has 0 fully saturated rings. The quantitative estimate of drug-likeness (QED) is 0.296. The van der Waals surface area contributed by atoms with Crippen LogP contribution in [0.3, 0.4) is 0 Å². The molecular weight excluding hydrogens is 288 g/mol. The maximum Gasteiger partial charge on any atom is 0.501 e. The highest BCUT2D eigenvalue weighted by Crippen LogP contribution is 2.22. The van der Waals surface area contributed by atoms with Crippen molar-refractivity contribution in [3.8, 4) is 0 Å². The smallest absolute Gasteiger partial charge is 0.459 e. The van der Waals surface area contributed by atoms with Crippen molar-refractivity contribution < 1.29 is 22.8 Å². The Morgan fingerprint density at radius 1 is 1.05 bits per heavy atom. The minimum atomic E-state index is -2.67. The summed E-state index contributed by atoms with van der Waals surface area (Å²) in [6, 6.07) is 0.650. The van der Waals surface area contributed by atoms with Gasteiger partial charge in [-0.3, -0.25) is 0 Å². The van der Waals surface area contributed by atoms with E-state index in [-0.39, 0.29) is 12.1 Å². The highest BCUT2D eigenvalue weighted by Gasteiger charge is 2.40. The van der Waals surface area contributed by atoms with Crippen LogP contribution in [-0.4, -0.2) is 40.7 Å². The Bertz CT molecular complexity index is 279. The first-order valence-corrected chi connectivity index (χ1v) is 9.75. The zero-order valence-electron chi connectivity index (χ0n) is 13.9. The maximum atomic E-state index is 11.4. The first kappa shape index (κ1) is 20.3. The summed E-state index contributed by atoms with van der Waals surface area (Å²) in [6.07, 6.45) is 3.49. The second-order valence-electron chi connectivity index (χ2n) is 4.57. The van der Waals surface area contributed by atoms with Gasteiger partial charge in [-0.15, -0.1) is 0 Å². The highest BCUT2D eigenvalue weighted by molar-refractivity contribution is 6.60. The molecule has 0 heterocycles. The summed E-state index contributed by atoms with van der Waals surface area (Å²) < 4.78 is 22.8. The van der Waals surface area contributed by atoms with Crippen molar-refractivity contribution in [2.45, 2.75) is 59.1 Å². The molecule has 0 amide bonds. The van der Waals surface area contributed by atoms with Crippen LogP contribution >= 0.6 is 0 Å². The van der Waals surface area contributed by atoms with E-state index in [9.17, 15) is 4.79 Å². The van der Waals surface area contributed by atoms with Gasteiger partial charge in [0.15, 0.2) is 0 Å². The molecule has 0 aliphatic carbocycles. The van der Waals surface area contributed by atoms with Crippen molar-refractivity contribution >= 4 is 14.8 Å². The van der Waals surface area contributed by atoms with Gasteiger partial charge in [-0.05, 0) is 33.6 Å². The monoisotopic (exact) mass is 318 g/mol. The zero-order valence-corrected chi connectivity index (χ0v) is 14.9. The number of hydrogen-bond donors (Lipinski definition) is 0. The van der Waals surface area contributed by atoms with Crippen molar-refractivity contribution in [2.24, 2.45) is 0 Å². The molecule has 1 unspecified atom stereocenters. The van der Waals surface area contributed by atoms with Gasteiger partial charge < -0.3 is 18.0 Å². The summed E-state index contributed by atoms with van der Waals surface area (Å²) >= 11 is 0. The summed E-state index contributed by atoms with van der Waals surface area (Å²) in [5.74, 6) is -0.384. The van der Waals surface area contributed by atoms with E-state index in [1.165, 1.54) is 6.08 Å². The molecule has 1 atom stereocenters. The van der Waals surface area contributed by atoms with Crippen LogP contribution in [0.1, 0.15) is 47.0 Å². The molecule has 0 radical (unpaired) electrons. The third-order valence-electron chi connectivity index (χ3n) is 2.93. The number of rotatable bonds is 13. The molecule has 21 heavy (non-hydrogen) atoms. The predicted molar refractivity (Wildman–Crippen MR) is 85.0 cm³/mol. The van der Waals surface area contributed by atoms with Crippen LogP contribution in [-0.2, 0) is 22.8 Å². The third-order valence-corrected chi connectivity index (χ3v) is 6.01. The summed E-state index contributed by atoms with van der Waals surface area (Å²) in [5, 5.41) is 0. The molecule has 124 valence electrons. The van der Waals surface area contributed by atoms with Crippen LogP contribution in [0, 0.1) is 0 Å². The summed E-state index contributed by atoms with van der Waals surface area (Å²) in [6.45, 7) is 12.9. The van der Waals surface area contributed by atoms with E-state index in [0.29, 0.717) is 32.3 Å². The van der Waals surface area contributed by atoms with Crippen LogP contribution < -0.4 is 0 Å². The summed E-state index contributed by atoms with van der Waals surface area (Å²) in [5.41, 5.74) is 0. The van der Waals surface area contributed by atoms with Crippen molar-refractivity contribution in [1.82, 2.24) is 0 Å². The Hall–Kier alpha value is -0.693. The Morgan fingerprint density at radius 2 is 1.57 bits per heavy atom. The molecule has 0 aromatic carbocycles. The van der Waals surface area contributed by atoms with Crippen LogP contribution in [0.5, 0.6) is 0 Å². The molecule has 0 N–H and O–H groups in total. The molecule has 0 spiro atoms. The fraction of sp³-hybridized carbons (Fsp3) is 0.800. The van der Waals surface area contributed by atoms with Crippen molar-refractivity contribution in [2.75, 3.05) is 19.8 Å². The molecule has 5 nitrogen and oxygen atoms in total. The van der Waals surface area contributed by atoms with Gasteiger partial charge in [0.25, 0.3) is 0 Å². The van der Waals surface area contributed by atoms with Crippen LogP contribution in [0.4, 0.5) is 0 Å². The molecular formula is C15H30O5Si. The largest absolute Gasteiger partial charge is 0.501 e. The minimum Gasteiger partial charge on any atom is -0.459 e. The number of esters is 1. The van der Waals surface area contributed by atoms with E-state index in [2.05, 4.69) is 13.5 Å². The number of hydrogen-bond acceptors (Lipinski definition) is 5. The van der Waals surface area contributed by atoms with Gasteiger partial charge >= 0.3 is 14.8 Å². The van der Waals surface area contributed by atoms with Crippen LogP contribution in [0.15, 0.2) is 12.7 Å². The van der Waals surface area contributed by atoms with Crippen LogP contribution in [0.2, 0.25) is 6.04 Å². The lowest BCUT2D eigenvalue weighted by Gasteiger charge is -2.29. The maximum absolute atomic E-state index is 11.4. The number of ether oxygens (including phenoxy) is 1. The number of carbonyl (C=O) groups is 1. The standard InChI is InChI=1S/C15H30O5Si/c1-6-11-14(20-15(16)7-2)12-13-21(17-8-3,18-9-4)19-10-5/h7,14H,2,6,8-13H2,1,3-5H3. The Labute approximate surface area is 130 Å². The van der Waals surface area contributed by atoms with E-state index in [0.717, 1.165) is 12.8 Å². The molecule has 0 bridgehead atoms. The van der Waals surface area contributed by atoms with E-state index in [1.807, 2.05) is 20.8 Å². The van der Waals surface area contributed by atoms with Crippen LogP contribution in [0.25, 0.3) is 0 Å². The SMILES string of the molecule is C=CC(=O)OC(CCC)CC[Si](OCC)(OCC)OCC. The van der Waals surface area contributed by atoms with Gasteiger partial charge in [0, 0.05) is 31.9 Å². The molecule has 0 aliphatic heterocycles. The van der Waals surface area contributed by atoms with Gasteiger partial charge in [0.1, 0.15) is 6.10 Å². The number of carbonyl (C=O) groups excluding carboxylic acids is 1. The van der Waals surface area contributed by atoms with E-state index in [1.54, 1.807) is 0 Å². The van der Waals surface area contributed by atoms with E-state index >= 15 is 0 Å². The molecule has 0 saturated heterocycles. The first-order chi connectivity index (χ1) is 10.1. The fourth-order valence-electron chi connectivity index (χ4n) is 2.14. The van der Waals surface area contributed by atoms with Gasteiger partial charge in [-0.1, -0.05) is 19.9 Å². The van der Waals surface area contributed by atoms with Crippen molar-refractivity contribution in [1.29, 1.82) is 0 Å². The summed E-state index contributed by atoms with van der Waals surface area (Å²) in [7, 11) is -2.67. The minimum absolute atomic E-state index is 0.145. The third kappa shape index (κ3) is 8.36. The van der Waals surface area contributed by atoms with E-state index in [4.69, 9.17) is 18.0 Å². The van der Waals surface area contributed by atoms with Gasteiger partial charge in [0.05, 0.1) is 0 Å². The molecule has 6 heteroatoms. The van der Waals surface area contributed by atoms with Gasteiger partial charge in [0.2, 0.25) is 0 Å². The lowest BCUT2D eigenvalue weighted by molar-refractivity contribution is -0.143. The topological polar surface area (TPSA) is 54.0 Å². The second-order valence-corrected chi connectivity index (χ2v) is 7.30. The Balaban J connectivity index is 4.70. The van der Waals surface area contributed by atoms with E-state index < -0.39 is 8.80 Å². The van der Waals surface area contributed by atoms with Gasteiger partial charge in [-0.25, -0.2) is 4.79 Å². The first-order valence-electron chi connectivity index (χ1n) is 7.82. The Kier molecular flexibility index (Phi) is 11.5. The summed E-state index contributed by atoms with van der Waals surface area (Å²) in [4.78, 5) is 11.4. The molecule has 0 aromatic rings. The average molecular weight is 318 g/mol. The predicted octanol–water partition coefficient (Wildman–Crippen LogP) is 3.32. The molecule has 0 aromatic heterocycles. The average Bonchev–Trinajstić information content (AvgIpc) is 2.46.